The molecule has 2 aliphatic carbocycles. The first-order valence-corrected chi connectivity index (χ1v) is 7.75. The average Bonchev–Trinajstić information content (AvgIpc) is 2.39. The van der Waals surface area contributed by atoms with Gasteiger partial charge in [0.15, 0.2) is 0 Å². The second-order valence-electron chi connectivity index (χ2n) is 7.04. The lowest BCUT2D eigenvalue weighted by molar-refractivity contribution is -0.00885. The van der Waals surface area contributed by atoms with Crippen LogP contribution in [0, 0.1) is 17.3 Å². The highest BCUT2D eigenvalue weighted by Crippen LogP contribution is 2.48. The normalized spacial score (nSPS) is 38.7. The summed E-state index contributed by atoms with van der Waals surface area (Å²) >= 11 is 0. The van der Waals surface area contributed by atoms with E-state index in [1.807, 2.05) is 7.11 Å². The van der Waals surface area contributed by atoms with E-state index in [4.69, 9.17) is 4.74 Å². The lowest BCUT2D eigenvalue weighted by atomic mass is 9.60. The third kappa shape index (κ3) is 3.08. The van der Waals surface area contributed by atoms with E-state index < -0.39 is 0 Å². The van der Waals surface area contributed by atoms with Gasteiger partial charge in [-0.2, -0.15) is 0 Å². The Morgan fingerprint density at radius 3 is 1.72 bits per heavy atom. The Kier molecular flexibility index (Phi) is 4.71. The Morgan fingerprint density at radius 1 is 0.833 bits per heavy atom. The molecular formula is C16H30O2. The van der Waals surface area contributed by atoms with E-state index in [9.17, 15) is 5.11 Å². The van der Waals surface area contributed by atoms with Crippen molar-refractivity contribution < 1.29 is 9.84 Å². The van der Waals surface area contributed by atoms with Crippen molar-refractivity contribution in [2.75, 3.05) is 7.11 Å². The van der Waals surface area contributed by atoms with Gasteiger partial charge >= 0.3 is 0 Å². The van der Waals surface area contributed by atoms with Gasteiger partial charge in [-0.25, -0.2) is 0 Å². The number of ether oxygens (including phenoxy) is 1. The first-order chi connectivity index (χ1) is 8.54. The van der Waals surface area contributed by atoms with Crippen LogP contribution in [-0.4, -0.2) is 24.4 Å². The number of hydrogen-bond donors (Lipinski definition) is 1. The summed E-state index contributed by atoms with van der Waals surface area (Å²) in [5.74, 6) is 1.66. The van der Waals surface area contributed by atoms with Crippen molar-refractivity contribution >= 4 is 0 Å². The summed E-state index contributed by atoms with van der Waals surface area (Å²) in [6.45, 7) is 4.93. The van der Waals surface area contributed by atoms with Gasteiger partial charge in [-0.3, -0.25) is 0 Å². The zero-order chi connectivity index (χ0) is 13.2. The summed E-state index contributed by atoms with van der Waals surface area (Å²) in [7, 11) is 1.85. The molecule has 0 heterocycles. The van der Waals surface area contributed by atoms with E-state index in [2.05, 4.69) is 13.8 Å². The molecule has 0 spiro atoms. The predicted octanol–water partition coefficient (Wildman–Crippen LogP) is 3.77. The maximum atomic E-state index is 9.65. The molecule has 0 bridgehead atoms. The molecule has 0 aromatic heterocycles. The molecular weight excluding hydrogens is 224 g/mol. The Hall–Kier alpha value is -0.0800. The van der Waals surface area contributed by atoms with Crippen molar-refractivity contribution in [1.29, 1.82) is 0 Å². The van der Waals surface area contributed by atoms with E-state index in [-0.39, 0.29) is 6.10 Å². The van der Waals surface area contributed by atoms with Crippen LogP contribution in [-0.2, 0) is 4.74 Å². The van der Waals surface area contributed by atoms with E-state index in [1.54, 1.807) is 0 Å². The third-order valence-corrected chi connectivity index (χ3v) is 5.81. The first-order valence-electron chi connectivity index (χ1n) is 7.75. The van der Waals surface area contributed by atoms with Crippen LogP contribution in [0.5, 0.6) is 0 Å². The molecule has 18 heavy (non-hydrogen) atoms. The fourth-order valence-corrected chi connectivity index (χ4v) is 4.20. The monoisotopic (exact) mass is 254 g/mol. The standard InChI is InChI=1S/C16H30O2/c1-16(2,12-4-8-14(17)9-5-12)13-6-10-15(18-3)11-7-13/h12-15,17H,4-11H2,1-3H3. The third-order valence-electron chi connectivity index (χ3n) is 5.81. The second kappa shape index (κ2) is 5.92. The predicted molar refractivity (Wildman–Crippen MR) is 74.5 cm³/mol. The average molecular weight is 254 g/mol. The van der Waals surface area contributed by atoms with Crippen LogP contribution in [0.25, 0.3) is 0 Å². The van der Waals surface area contributed by atoms with Crippen molar-refractivity contribution in [2.45, 2.75) is 77.4 Å². The van der Waals surface area contributed by atoms with E-state index in [0.717, 1.165) is 24.7 Å². The summed E-state index contributed by atoms with van der Waals surface area (Å²) in [5, 5.41) is 9.65. The van der Waals surface area contributed by atoms with Gasteiger partial charge in [0.05, 0.1) is 12.2 Å². The van der Waals surface area contributed by atoms with Gasteiger partial charge in [-0.05, 0) is 68.6 Å². The Bertz CT molecular complexity index is 246. The van der Waals surface area contributed by atoms with E-state index in [1.165, 1.54) is 38.5 Å². The number of aliphatic hydroxyl groups is 1. The van der Waals surface area contributed by atoms with Crippen LogP contribution in [0.1, 0.15) is 65.2 Å². The van der Waals surface area contributed by atoms with Crippen molar-refractivity contribution in [3.8, 4) is 0 Å². The molecule has 2 saturated carbocycles. The minimum atomic E-state index is -0.0266. The highest BCUT2D eigenvalue weighted by molar-refractivity contribution is 4.90. The molecule has 0 aromatic rings. The molecule has 106 valence electrons. The Balaban J connectivity index is 1.90. The molecule has 0 saturated heterocycles. The largest absolute Gasteiger partial charge is 0.393 e. The molecule has 0 radical (unpaired) electrons. The number of methoxy groups -OCH3 is 1. The molecule has 2 aliphatic rings. The molecule has 0 aliphatic heterocycles. The van der Waals surface area contributed by atoms with Gasteiger partial charge < -0.3 is 9.84 Å². The molecule has 2 fully saturated rings. The number of hydrogen-bond acceptors (Lipinski definition) is 2. The molecule has 2 rings (SSSR count). The van der Waals surface area contributed by atoms with Crippen LogP contribution in [0.15, 0.2) is 0 Å². The van der Waals surface area contributed by atoms with Gasteiger partial charge in [0, 0.05) is 7.11 Å². The van der Waals surface area contributed by atoms with Crippen molar-refractivity contribution in [1.82, 2.24) is 0 Å². The van der Waals surface area contributed by atoms with E-state index in [0.29, 0.717) is 11.5 Å². The lowest BCUT2D eigenvalue weighted by Crippen LogP contribution is -2.38. The first kappa shape index (κ1) is 14.3. The van der Waals surface area contributed by atoms with Crippen LogP contribution in [0.4, 0.5) is 0 Å². The lowest BCUT2D eigenvalue weighted by Gasteiger charge is -2.46. The molecule has 1 N–H and O–H groups in total. The summed E-state index contributed by atoms with van der Waals surface area (Å²) < 4.78 is 5.48. The number of rotatable bonds is 3. The number of aliphatic hydroxyl groups excluding tert-OH is 1. The fourth-order valence-electron chi connectivity index (χ4n) is 4.20. The van der Waals surface area contributed by atoms with Gasteiger partial charge in [0.2, 0.25) is 0 Å². The zero-order valence-corrected chi connectivity index (χ0v) is 12.3. The molecule has 0 amide bonds. The minimum Gasteiger partial charge on any atom is -0.393 e. The smallest absolute Gasteiger partial charge is 0.0571 e. The molecule has 2 nitrogen and oxygen atoms in total. The van der Waals surface area contributed by atoms with Crippen molar-refractivity contribution in [3.05, 3.63) is 0 Å². The molecule has 0 unspecified atom stereocenters. The fraction of sp³-hybridized carbons (Fsp3) is 1.00. The summed E-state index contributed by atoms with van der Waals surface area (Å²) in [6, 6.07) is 0. The quantitative estimate of drug-likeness (QED) is 0.830. The van der Waals surface area contributed by atoms with Crippen molar-refractivity contribution in [2.24, 2.45) is 17.3 Å². The Labute approximate surface area is 112 Å². The van der Waals surface area contributed by atoms with Gasteiger partial charge in [-0.1, -0.05) is 13.8 Å². The molecule has 0 aromatic carbocycles. The SMILES string of the molecule is COC1CCC(C(C)(C)C2CCC(O)CC2)CC1. The molecule has 2 heteroatoms. The van der Waals surface area contributed by atoms with Crippen LogP contribution in [0.2, 0.25) is 0 Å². The van der Waals surface area contributed by atoms with E-state index >= 15 is 0 Å². The summed E-state index contributed by atoms with van der Waals surface area (Å²) in [5.41, 5.74) is 0.443. The van der Waals surface area contributed by atoms with Crippen LogP contribution < -0.4 is 0 Å². The Morgan fingerprint density at radius 2 is 1.28 bits per heavy atom. The van der Waals surface area contributed by atoms with Crippen LogP contribution in [0.3, 0.4) is 0 Å². The van der Waals surface area contributed by atoms with Gasteiger partial charge in [-0.15, -0.1) is 0 Å². The highest BCUT2D eigenvalue weighted by atomic mass is 16.5. The maximum Gasteiger partial charge on any atom is 0.0571 e. The van der Waals surface area contributed by atoms with Gasteiger partial charge in [0.1, 0.15) is 0 Å². The minimum absolute atomic E-state index is 0.0266. The van der Waals surface area contributed by atoms with Crippen molar-refractivity contribution in [3.63, 3.8) is 0 Å². The van der Waals surface area contributed by atoms with Crippen LogP contribution >= 0.6 is 0 Å². The topological polar surface area (TPSA) is 29.5 Å². The summed E-state index contributed by atoms with van der Waals surface area (Å²) in [6.07, 6.45) is 10.1. The second-order valence-corrected chi connectivity index (χ2v) is 7.04. The van der Waals surface area contributed by atoms with Gasteiger partial charge in [0.25, 0.3) is 0 Å². The summed E-state index contributed by atoms with van der Waals surface area (Å²) in [4.78, 5) is 0. The highest BCUT2D eigenvalue weighted by Gasteiger charge is 2.40. The molecule has 0 atom stereocenters. The maximum absolute atomic E-state index is 9.65. The zero-order valence-electron chi connectivity index (χ0n) is 12.3.